The molecule has 0 fully saturated rings. The van der Waals surface area contributed by atoms with Crippen molar-refractivity contribution < 1.29 is 14.6 Å². The molecule has 0 bridgehead atoms. The van der Waals surface area contributed by atoms with Crippen LogP contribution in [0.1, 0.15) is 42.5 Å². The predicted molar refractivity (Wildman–Crippen MR) is 179 cm³/mol. The van der Waals surface area contributed by atoms with Crippen molar-refractivity contribution >= 4 is 29.9 Å². The van der Waals surface area contributed by atoms with Crippen molar-refractivity contribution in [1.29, 1.82) is 0 Å². The Morgan fingerprint density at radius 3 is 2.59 bits per heavy atom. The number of benzene rings is 2. The van der Waals surface area contributed by atoms with Crippen molar-refractivity contribution in [2.75, 3.05) is 45.2 Å². The van der Waals surface area contributed by atoms with Gasteiger partial charge in [0.1, 0.15) is 30.1 Å². The van der Waals surface area contributed by atoms with Gasteiger partial charge >= 0.3 is 5.97 Å². The third-order valence-electron chi connectivity index (χ3n) is 7.66. The SMILES string of the molecule is C=N/C=C(\C(=NC)N[C@@H](CCN(CCCCc1ccc2c(n1)NCCC2)CCOc1ccccc1)C(=O)O)c1ccccc1. The summed E-state index contributed by atoms with van der Waals surface area (Å²) in [4.78, 5) is 27.8. The summed E-state index contributed by atoms with van der Waals surface area (Å²) < 4.78 is 5.98. The number of aryl methyl sites for hydroxylation is 2. The van der Waals surface area contributed by atoms with Gasteiger partial charge in [-0.15, -0.1) is 0 Å². The molecule has 0 aliphatic carbocycles. The molecule has 232 valence electrons. The number of nitrogens with zero attached hydrogens (tertiary/aromatic N) is 4. The normalized spacial score (nSPS) is 14.0. The van der Waals surface area contributed by atoms with E-state index in [4.69, 9.17) is 9.72 Å². The molecule has 0 saturated carbocycles. The second kappa shape index (κ2) is 17.6. The second-order valence-corrected chi connectivity index (χ2v) is 10.8. The molecule has 0 saturated heterocycles. The van der Waals surface area contributed by atoms with E-state index in [1.807, 2.05) is 60.7 Å². The minimum Gasteiger partial charge on any atom is -0.492 e. The van der Waals surface area contributed by atoms with E-state index in [0.29, 0.717) is 37.5 Å². The molecular formula is C35H44N6O3. The van der Waals surface area contributed by atoms with Crippen LogP contribution < -0.4 is 15.4 Å². The third-order valence-corrected chi connectivity index (χ3v) is 7.66. The van der Waals surface area contributed by atoms with Crippen molar-refractivity contribution in [1.82, 2.24) is 15.2 Å². The molecule has 2 aromatic carbocycles. The number of aromatic nitrogens is 1. The highest BCUT2D eigenvalue weighted by molar-refractivity contribution is 6.23. The molecule has 44 heavy (non-hydrogen) atoms. The molecule has 2 heterocycles. The average Bonchev–Trinajstić information content (AvgIpc) is 3.06. The van der Waals surface area contributed by atoms with Crippen molar-refractivity contribution in [3.05, 3.63) is 95.8 Å². The number of hydrogen-bond donors (Lipinski definition) is 3. The first kappa shape index (κ1) is 32.4. The van der Waals surface area contributed by atoms with Crippen LogP contribution in [-0.4, -0.2) is 79.4 Å². The molecule has 4 rings (SSSR count). The van der Waals surface area contributed by atoms with Gasteiger partial charge in [-0.3, -0.25) is 14.9 Å². The van der Waals surface area contributed by atoms with Crippen LogP contribution in [0.3, 0.4) is 0 Å². The standard InChI is InChI=1S/C35H44N6O3/c1-36-26-31(27-12-5-3-6-13-27)34(37-2)40-32(35(42)43)20-23-41(24-25-44-30-16-7-4-8-17-30)22-10-9-15-29-19-18-28-14-11-21-38-33(28)39-29/h3-8,12-13,16-19,26,32H,1,9-11,14-15,20-25H2,2H3,(H,37,40)(H,38,39)(H,42,43)/b31-26-/t32-/m0/s1. The molecule has 9 nitrogen and oxygen atoms in total. The quantitative estimate of drug-likeness (QED) is 0.110. The zero-order chi connectivity index (χ0) is 31.0. The third kappa shape index (κ3) is 10.1. The van der Waals surface area contributed by atoms with Crippen LogP contribution in [0, 0.1) is 0 Å². The summed E-state index contributed by atoms with van der Waals surface area (Å²) in [6, 6.07) is 22.9. The summed E-state index contributed by atoms with van der Waals surface area (Å²) in [5, 5.41) is 16.7. The molecule has 1 aromatic heterocycles. The van der Waals surface area contributed by atoms with Gasteiger partial charge in [-0.1, -0.05) is 54.6 Å². The topological polar surface area (TPSA) is 111 Å². The molecule has 1 aliphatic rings. The lowest BCUT2D eigenvalue weighted by atomic mass is 10.0. The number of anilines is 1. The van der Waals surface area contributed by atoms with Crippen LogP contribution in [0.4, 0.5) is 5.82 Å². The highest BCUT2D eigenvalue weighted by Gasteiger charge is 2.22. The largest absolute Gasteiger partial charge is 0.492 e. The number of carboxylic acid groups (broad SMARTS) is 1. The van der Waals surface area contributed by atoms with E-state index in [2.05, 4.69) is 44.4 Å². The Morgan fingerprint density at radius 2 is 1.86 bits per heavy atom. The Balaban J connectivity index is 1.36. The number of para-hydroxylation sites is 1. The van der Waals surface area contributed by atoms with E-state index in [1.165, 1.54) is 5.56 Å². The number of unbranched alkanes of at least 4 members (excludes halogenated alkanes) is 1. The maximum absolute atomic E-state index is 12.4. The monoisotopic (exact) mass is 596 g/mol. The Hall–Kier alpha value is -4.50. The molecule has 0 amide bonds. The van der Waals surface area contributed by atoms with Gasteiger partial charge in [-0.2, -0.15) is 0 Å². The minimum absolute atomic E-state index is 0.390. The number of carboxylic acids is 1. The second-order valence-electron chi connectivity index (χ2n) is 10.8. The first-order valence-corrected chi connectivity index (χ1v) is 15.4. The molecule has 0 spiro atoms. The molecule has 0 radical (unpaired) electrons. The number of amidine groups is 1. The Kier molecular flexibility index (Phi) is 12.9. The summed E-state index contributed by atoms with van der Waals surface area (Å²) >= 11 is 0. The number of nitrogens with one attached hydrogen (secondary N) is 2. The van der Waals surface area contributed by atoms with Gasteiger partial charge in [0.05, 0.1) is 0 Å². The number of carbonyl (C=O) groups is 1. The van der Waals surface area contributed by atoms with E-state index >= 15 is 0 Å². The summed E-state index contributed by atoms with van der Waals surface area (Å²) in [6.07, 6.45) is 7.10. The lowest BCUT2D eigenvalue weighted by molar-refractivity contribution is -0.139. The summed E-state index contributed by atoms with van der Waals surface area (Å²) in [6.45, 7) is 7.19. The van der Waals surface area contributed by atoms with E-state index in [1.54, 1.807) is 13.2 Å². The molecular weight excluding hydrogens is 552 g/mol. The fourth-order valence-electron chi connectivity index (χ4n) is 5.27. The Bertz CT molecular complexity index is 1390. The molecule has 3 N–H and O–H groups in total. The van der Waals surface area contributed by atoms with Crippen LogP contribution in [0.2, 0.25) is 0 Å². The number of rotatable bonds is 17. The van der Waals surface area contributed by atoms with Crippen LogP contribution in [-0.2, 0) is 17.6 Å². The minimum atomic E-state index is -0.933. The fourth-order valence-corrected chi connectivity index (χ4v) is 5.27. The van der Waals surface area contributed by atoms with Crippen LogP contribution in [0.5, 0.6) is 5.75 Å². The summed E-state index contributed by atoms with van der Waals surface area (Å²) in [5.74, 6) is 1.38. The zero-order valence-corrected chi connectivity index (χ0v) is 25.6. The number of hydrogen-bond acceptors (Lipinski definition) is 7. The van der Waals surface area contributed by atoms with E-state index < -0.39 is 12.0 Å². The molecule has 9 heteroatoms. The number of fused-ring (bicyclic) bond motifs is 1. The highest BCUT2D eigenvalue weighted by Crippen LogP contribution is 2.21. The maximum atomic E-state index is 12.4. The molecule has 3 aromatic rings. The van der Waals surface area contributed by atoms with Gasteiger partial charge in [0.15, 0.2) is 0 Å². The van der Waals surface area contributed by atoms with E-state index in [9.17, 15) is 9.90 Å². The lowest BCUT2D eigenvalue weighted by Crippen LogP contribution is -2.44. The van der Waals surface area contributed by atoms with Crippen molar-refractivity contribution in [2.45, 2.75) is 44.6 Å². The van der Waals surface area contributed by atoms with Crippen molar-refractivity contribution in [3.8, 4) is 5.75 Å². The number of aliphatic imine (C=N–C) groups is 2. The smallest absolute Gasteiger partial charge is 0.326 e. The van der Waals surface area contributed by atoms with E-state index in [0.717, 1.165) is 68.0 Å². The molecule has 0 unspecified atom stereocenters. The number of pyridine rings is 1. The Morgan fingerprint density at radius 1 is 1.09 bits per heavy atom. The fraction of sp³-hybridized carbons (Fsp3) is 0.371. The first-order valence-electron chi connectivity index (χ1n) is 15.4. The predicted octanol–water partition coefficient (Wildman–Crippen LogP) is 5.35. The van der Waals surface area contributed by atoms with Gasteiger partial charge < -0.3 is 20.5 Å². The van der Waals surface area contributed by atoms with Gasteiger partial charge in [0.2, 0.25) is 0 Å². The number of ether oxygens (including phenoxy) is 1. The Labute approximate surface area is 260 Å². The number of aliphatic carboxylic acids is 1. The summed E-state index contributed by atoms with van der Waals surface area (Å²) in [5.41, 5.74) is 3.97. The lowest BCUT2D eigenvalue weighted by Gasteiger charge is -2.25. The van der Waals surface area contributed by atoms with Crippen molar-refractivity contribution in [3.63, 3.8) is 0 Å². The van der Waals surface area contributed by atoms with E-state index in [-0.39, 0.29) is 0 Å². The first-order chi connectivity index (χ1) is 21.6. The molecule has 1 aliphatic heterocycles. The van der Waals surface area contributed by atoms with Crippen LogP contribution in [0.15, 0.2) is 89.0 Å². The highest BCUT2D eigenvalue weighted by atomic mass is 16.5. The van der Waals surface area contributed by atoms with Gasteiger partial charge in [-0.05, 0) is 81.1 Å². The molecule has 1 atom stereocenters. The van der Waals surface area contributed by atoms with Gasteiger partial charge in [0, 0.05) is 44.1 Å². The van der Waals surface area contributed by atoms with Crippen LogP contribution in [0.25, 0.3) is 5.57 Å². The summed E-state index contributed by atoms with van der Waals surface area (Å²) in [7, 11) is 1.64. The van der Waals surface area contributed by atoms with Crippen LogP contribution >= 0.6 is 0 Å². The average molecular weight is 597 g/mol. The zero-order valence-electron chi connectivity index (χ0n) is 25.6. The van der Waals surface area contributed by atoms with Crippen molar-refractivity contribution in [2.24, 2.45) is 9.98 Å². The van der Waals surface area contributed by atoms with Gasteiger partial charge in [0.25, 0.3) is 0 Å². The van der Waals surface area contributed by atoms with Gasteiger partial charge in [-0.25, -0.2) is 9.78 Å². The maximum Gasteiger partial charge on any atom is 0.326 e.